The number of rotatable bonds is 1. The number of amides is 1. The number of phenols is 1. The van der Waals surface area contributed by atoms with Gasteiger partial charge in [0.1, 0.15) is 5.75 Å². The average molecular weight is 226 g/mol. The Morgan fingerprint density at radius 3 is 2.67 bits per heavy atom. The van der Waals surface area contributed by atoms with E-state index in [1.54, 1.807) is 11.0 Å². The summed E-state index contributed by atoms with van der Waals surface area (Å²) in [6, 6.07) is 4.53. The lowest BCUT2D eigenvalue weighted by Crippen LogP contribution is -2.27. The second-order valence-electron chi connectivity index (χ2n) is 3.66. The number of nitrogens with zero attached hydrogens (tertiary/aromatic N) is 1. The smallest absolute Gasteiger partial charge is 0.257 e. The molecular weight excluding hydrogens is 214 g/mol. The van der Waals surface area contributed by atoms with Crippen LogP contribution in [0.4, 0.5) is 0 Å². The third kappa shape index (κ3) is 2.07. The quantitative estimate of drug-likeness (QED) is 0.797. The van der Waals surface area contributed by atoms with Gasteiger partial charge < -0.3 is 10.0 Å². The van der Waals surface area contributed by atoms with Gasteiger partial charge in [0.25, 0.3) is 5.91 Å². The van der Waals surface area contributed by atoms with E-state index in [-0.39, 0.29) is 11.7 Å². The van der Waals surface area contributed by atoms with Gasteiger partial charge in [-0.05, 0) is 31.0 Å². The molecule has 0 aliphatic carbocycles. The molecule has 1 saturated heterocycles. The van der Waals surface area contributed by atoms with Crippen LogP contribution in [0.15, 0.2) is 18.2 Å². The molecule has 0 bridgehead atoms. The zero-order valence-electron chi connectivity index (χ0n) is 8.24. The highest BCUT2D eigenvalue weighted by atomic mass is 35.5. The van der Waals surface area contributed by atoms with Crippen LogP contribution in [-0.4, -0.2) is 29.0 Å². The molecule has 1 aromatic carbocycles. The Morgan fingerprint density at radius 2 is 2.00 bits per heavy atom. The first-order valence-electron chi connectivity index (χ1n) is 4.96. The fourth-order valence-electron chi connectivity index (χ4n) is 1.77. The molecule has 3 nitrogen and oxygen atoms in total. The molecule has 1 fully saturated rings. The molecule has 0 unspecified atom stereocenters. The summed E-state index contributed by atoms with van der Waals surface area (Å²) in [5, 5.41) is 10.0. The Hall–Kier alpha value is -1.22. The number of likely N-dealkylation sites (tertiary alicyclic amines) is 1. The van der Waals surface area contributed by atoms with E-state index in [1.165, 1.54) is 12.1 Å². The molecular formula is C11H12ClNO2. The van der Waals surface area contributed by atoms with Crippen LogP contribution in [0.5, 0.6) is 5.75 Å². The highest BCUT2D eigenvalue weighted by molar-refractivity contribution is 6.31. The monoisotopic (exact) mass is 225 g/mol. The highest BCUT2D eigenvalue weighted by Crippen LogP contribution is 2.24. The maximum Gasteiger partial charge on any atom is 0.257 e. The van der Waals surface area contributed by atoms with Gasteiger partial charge in [-0.2, -0.15) is 0 Å². The molecule has 0 saturated carbocycles. The number of carbonyl (C=O) groups excluding carboxylic acids is 1. The summed E-state index contributed by atoms with van der Waals surface area (Å²) >= 11 is 5.79. The van der Waals surface area contributed by atoms with Crippen molar-refractivity contribution in [3.63, 3.8) is 0 Å². The number of carbonyl (C=O) groups is 1. The van der Waals surface area contributed by atoms with Crippen LogP contribution in [0, 0.1) is 0 Å². The molecule has 1 amide bonds. The number of benzene rings is 1. The van der Waals surface area contributed by atoms with Crippen LogP contribution in [0.25, 0.3) is 0 Å². The van der Waals surface area contributed by atoms with E-state index in [1.807, 2.05) is 0 Å². The van der Waals surface area contributed by atoms with E-state index >= 15 is 0 Å². The molecule has 0 atom stereocenters. The Kier molecular flexibility index (Phi) is 2.82. The zero-order chi connectivity index (χ0) is 10.8. The molecule has 15 heavy (non-hydrogen) atoms. The van der Waals surface area contributed by atoms with Crippen LogP contribution < -0.4 is 0 Å². The number of aromatic hydroxyl groups is 1. The Balaban J connectivity index is 2.27. The molecule has 0 aromatic heterocycles. The highest BCUT2D eigenvalue weighted by Gasteiger charge is 2.21. The van der Waals surface area contributed by atoms with Crippen LogP contribution in [0.1, 0.15) is 23.2 Å². The van der Waals surface area contributed by atoms with Crippen molar-refractivity contribution in [2.45, 2.75) is 12.8 Å². The Labute approximate surface area is 93.3 Å². The number of halogens is 1. The van der Waals surface area contributed by atoms with Crippen molar-refractivity contribution < 1.29 is 9.90 Å². The first kappa shape index (κ1) is 10.3. The van der Waals surface area contributed by atoms with E-state index in [2.05, 4.69) is 0 Å². The first-order chi connectivity index (χ1) is 7.18. The van der Waals surface area contributed by atoms with Gasteiger partial charge in [0.15, 0.2) is 0 Å². The van der Waals surface area contributed by atoms with E-state index in [4.69, 9.17) is 11.6 Å². The minimum Gasteiger partial charge on any atom is -0.507 e. The van der Waals surface area contributed by atoms with Crippen molar-refractivity contribution in [1.29, 1.82) is 0 Å². The van der Waals surface area contributed by atoms with E-state index < -0.39 is 0 Å². The van der Waals surface area contributed by atoms with E-state index in [9.17, 15) is 9.90 Å². The van der Waals surface area contributed by atoms with Gasteiger partial charge in [-0.1, -0.05) is 11.6 Å². The first-order valence-corrected chi connectivity index (χ1v) is 5.34. The summed E-state index contributed by atoms with van der Waals surface area (Å²) in [4.78, 5) is 13.7. The van der Waals surface area contributed by atoms with Gasteiger partial charge >= 0.3 is 0 Å². The normalized spacial score (nSPS) is 15.7. The number of phenolic OH excluding ortho intramolecular Hbond substituents is 1. The average Bonchev–Trinajstić information content (AvgIpc) is 2.74. The predicted molar refractivity (Wildman–Crippen MR) is 58.3 cm³/mol. The summed E-state index contributed by atoms with van der Waals surface area (Å²) in [6.45, 7) is 1.54. The molecule has 0 spiro atoms. The standard InChI is InChI=1S/C11H12ClNO2/c12-8-3-4-10(14)9(7-8)11(15)13-5-1-2-6-13/h3-4,7,14H,1-2,5-6H2. The van der Waals surface area contributed by atoms with Crippen molar-refractivity contribution in [1.82, 2.24) is 4.90 Å². The largest absolute Gasteiger partial charge is 0.507 e. The van der Waals surface area contributed by atoms with E-state index in [0.29, 0.717) is 10.6 Å². The summed E-state index contributed by atoms with van der Waals surface area (Å²) in [5.74, 6) is -0.135. The molecule has 1 heterocycles. The second-order valence-corrected chi connectivity index (χ2v) is 4.10. The van der Waals surface area contributed by atoms with Crippen molar-refractivity contribution in [2.24, 2.45) is 0 Å². The van der Waals surface area contributed by atoms with Crippen LogP contribution in [0.2, 0.25) is 5.02 Å². The van der Waals surface area contributed by atoms with Gasteiger partial charge in [0.05, 0.1) is 5.56 Å². The summed E-state index contributed by atoms with van der Waals surface area (Å²) in [5.41, 5.74) is 0.296. The van der Waals surface area contributed by atoms with Crippen LogP contribution >= 0.6 is 11.6 Å². The zero-order valence-corrected chi connectivity index (χ0v) is 9.00. The third-order valence-electron chi connectivity index (χ3n) is 2.58. The summed E-state index contributed by atoms with van der Waals surface area (Å²) in [6.07, 6.45) is 2.07. The SMILES string of the molecule is O=C(c1cc(Cl)ccc1O)N1CCCC1. The summed E-state index contributed by atoms with van der Waals surface area (Å²) < 4.78 is 0. The van der Waals surface area contributed by atoms with Gasteiger partial charge in [-0.25, -0.2) is 0 Å². The van der Waals surface area contributed by atoms with Crippen molar-refractivity contribution in [3.8, 4) is 5.75 Å². The van der Waals surface area contributed by atoms with Crippen molar-refractivity contribution >= 4 is 17.5 Å². The predicted octanol–water partition coefficient (Wildman–Crippen LogP) is 2.28. The van der Waals surface area contributed by atoms with Crippen molar-refractivity contribution in [2.75, 3.05) is 13.1 Å². The Bertz CT molecular complexity index is 386. The molecule has 1 aromatic rings. The summed E-state index contributed by atoms with van der Waals surface area (Å²) in [7, 11) is 0. The lowest BCUT2D eigenvalue weighted by molar-refractivity contribution is 0.0790. The van der Waals surface area contributed by atoms with Gasteiger partial charge in [-0.3, -0.25) is 4.79 Å². The van der Waals surface area contributed by atoms with Crippen molar-refractivity contribution in [3.05, 3.63) is 28.8 Å². The maximum absolute atomic E-state index is 11.9. The number of hydrogen-bond donors (Lipinski definition) is 1. The van der Waals surface area contributed by atoms with Gasteiger partial charge in [0, 0.05) is 18.1 Å². The molecule has 4 heteroatoms. The van der Waals surface area contributed by atoms with Crippen LogP contribution in [0.3, 0.4) is 0 Å². The molecule has 1 aliphatic rings. The minimum atomic E-state index is -0.132. The topological polar surface area (TPSA) is 40.5 Å². The third-order valence-corrected chi connectivity index (χ3v) is 2.82. The van der Waals surface area contributed by atoms with E-state index in [0.717, 1.165) is 25.9 Å². The molecule has 2 rings (SSSR count). The lowest BCUT2D eigenvalue weighted by atomic mass is 10.2. The fraction of sp³-hybridized carbons (Fsp3) is 0.364. The minimum absolute atomic E-state index is 0.00343. The van der Waals surface area contributed by atoms with Gasteiger partial charge in [-0.15, -0.1) is 0 Å². The lowest BCUT2D eigenvalue weighted by Gasteiger charge is -2.15. The van der Waals surface area contributed by atoms with Gasteiger partial charge in [0.2, 0.25) is 0 Å². The number of hydrogen-bond acceptors (Lipinski definition) is 2. The second kappa shape index (κ2) is 4.11. The molecule has 1 N–H and O–H groups in total. The molecule has 1 aliphatic heterocycles. The Morgan fingerprint density at radius 1 is 1.33 bits per heavy atom. The molecule has 0 radical (unpaired) electrons. The van der Waals surface area contributed by atoms with Crippen LogP contribution in [-0.2, 0) is 0 Å². The maximum atomic E-state index is 11.9. The molecule has 80 valence electrons. The fourth-order valence-corrected chi connectivity index (χ4v) is 1.94.